The van der Waals surface area contributed by atoms with E-state index in [0.29, 0.717) is 10.8 Å². The van der Waals surface area contributed by atoms with Crippen LogP contribution in [0.25, 0.3) is 0 Å². The molecule has 0 saturated heterocycles. The summed E-state index contributed by atoms with van der Waals surface area (Å²) >= 11 is 0. The first kappa shape index (κ1) is 18.7. The van der Waals surface area contributed by atoms with Gasteiger partial charge < -0.3 is 0 Å². The van der Waals surface area contributed by atoms with Crippen molar-refractivity contribution in [3.8, 4) is 0 Å². The molecular weight excluding hydrogens is 318 g/mol. The molecule has 2 atom stereocenters. The summed E-state index contributed by atoms with van der Waals surface area (Å²) in [5, 5.41) is 0. The second kappa shape index (κ2) is 8.45. The fraction of sp³-hybridized carbons (Fsp3) is 0.400. The van der Waals surface area contributed by atoms with E-state index in [9.17, 15) is 8.42 Å². The lowest BCUT2D eigenvalue weighted by Crippen LogP contribution is -2.32. The largest absolute Gasteiger partial charge is 0.240 e. The Morgan fingerprint density at radius 2 is 1.58 bits per heavy atom. The summed E-state index contributed by atoms with van der Waals surface area (Å²) in [7, 11) is -3.46. The molecule has 1 N–H and O–H groups in total. The second-order valence-electron chi connectivity index (χ2n) is 6.42. The lowest BCUT2D eigenvalue weighted by Gasteiger charge is -2.15. The Bertz CT molecular complexity index is 724. The number of benzene rings is 2. The molecule has 0 aliphatic heterocycles. The molecule has 0 aromatic heterocycles. The standard InChI is InChI=1S/C20H27NO2S/c1-4-16(2)19-12-14-20(15-13-19)24(22,23)21-17(3)10-11-18-8-6-5-7-9-18/h5-9,12-17,21H,4,10-11H2,1-3H3. The highest BCUT2D eigenvalue weighted by Gasteiger charge is 2.17. The fourth-order valence-electron chi connectivity index (χ4n) is 2.63. The van der Waals surface area contributed by atoms with Crippen LogP contribution in [0.4, 0.5) is 0 Å². The quantitative estimate of drug-likeness (QED) is 0.765. The molecule has 24 heavy (non-hydrogen) atoms. The minimum Gasteiger partial charge on any atom is -0.208 e. The van der Waals surface area contributed by atoms with Gasteiger partial charge in [0.2, 0.25) is 10.0 Å². The average Bonchev–Trinajstić information content (AvgIpc) is 2.60. The Kier molecular flexibility index (Phi) is 6.58. The van der Waals surface area contributed by atoms with Crippen LogP contribution in [-0.2, 0) is 16.4 Å². The molecule has 130 valence electrons. The molecule has 0 bridgehead atoms. The summed E-state index contributed by atoms with van der Waals surface area (Å²) in [6.07, 6.45) is 2.67. The van der Waals surface area contributed by atoms with Gasteiger partial charge >= 0.3 is 0 Å². The van der Waals surface area contributed by atoms with E-state index < -0.39 is 10.0 Å². The van der Waals surface area contributed by atoms with Gasteiger partial charge in [-0.2, -0.15) is 0 Å². The molecule has 2 rings (SSSR count). The molecular formula is C20H27NO2S. The summed E-state index contributed by atoms with van der Waals surface area (Å²) in [6, 6.07) is 17.2. The van der Waals surface area contributed by atoms with Crippen molar-refractivity contribution >= 4 is 10.0 Å². The zero-order valence-electron chi connectivity index (χ0n) is 14.7. The van der Waals surface area contributed by atoms with Crippen LogP contribution in [0.15, 0.2) is 59.5 Å². The third-order valence-corrected chi connectivity index (χ3v) is 6.04. The summed E-state index contributed by atoms with van der Waals surface area (Å²) in [5.41, 5.74) is 2.40. The zero-order chi connectivity index (χ0) is 17.6. The van der Waals surface area contributed by atoms with Gasteiger partial charge in [-0.15, -0.1) is 0 Å². The van der Waals surface area contributed by atoms with Gasteiger partial charge in [-0.3, -0.25) is 0 Å². The molecule has 0 saturated carbocycles. The topological polar surface area (TPSA) is 46.2 Å². The van der Waals surface area contributed by atoms with Gasteiger partial charge in [-0.05, 0) is 55.4 Å². The average molecular weight is 346 g/mol. The number of nitrogens with one attached hydrogen (secondary N) is 1. The molecule has 2 unspecified atom stereocenters. The highest BCUT2D eigenvalue weighted by molar-refractivity contribution is 7.89. The Balaban J connectivity index is 1.97. The maximum atomic E-state index is 12.5. The Morgan fingerprint density at radius 3 is 2.17 bits per heavy atom. The Labute approximate surface area is 146 Å². The molecule has 0 fully saturated rings. The Morgan fingerprint density at radius 1 is 0.958 bits per heavy atom. The monoisotopic (exact) mass is 345 g/mol. The van der Waals surface area contributed by atoms with E-state index in [2.05, 4.69) is 30.7 Å². The number of hydrogen-bond acceptors (Lipinski definition) is 2. The van der Waals surface area contributed by atoms with Crippen molar-refractivity contribution in [3.05, 3.63) is 65.7 Å². The molecule has 0 amide bonds. The molecule has 4 heteroatoms. The van der Waals surface area contributed by atoms with Crippen LogP contribution < -0.4 is 4.72 Å². The SMILES string of the molecule is CCC(C)c1ccc(S(=O)(=O)NC(C)CCc2ccccc2)cc1. The van der Waals surface area contributed by atoms with Crippen molar-refractivity contribution in [2.45, 2.75) is 56.9 Å². The minimum atomic E-state index is -3.46. The molecule has 0 aliphatic carbocycles. The number of sulfonamides is 1. The van der Waals surface area contributed by atoms with E-state index in [-0.39, 0.29) is 6.04 Å². The maximum absolute atomic E-state index is 12.5. The van der Waals surface area contributed by atoms with Crippen molar-refractivity contribution in [2.24, 2.45) is 0 Å². The zero-order valence-corrected chi connectivity index (χ0v) is 15.5. The highest BCUT2D eigenvalue weighted by atomic mass is 32.2. The molecule has 0 aliphatic rings. The van der Waals surface area contributed by atoms with Crippen LogP contribution in [0, 0.1) is 0 Å². The molecule has 0 spiro atoms. The van der Waals surface area contributed by atoms with Gasteiger partial charge in [-0.25, -0.2) is 13.1 Å². The van der Waals surface area contributed by atoms with E-state index in [0.717, 1.165) is 19.3 Å². The minimum absolute atomic E-state index is 0.107. The van der Waals surface area contributed by atoms with E-state index >= 15 is 0 Å². The lowest BCUT2D eigenvalue weighted by atomic mass is 9.99. The van der Waals surface area contributed by atoms with Gasteiger partial charge in [0.05, 0.1) is 4.90 Å². The summed E-state index contributed by atoms with van der Waals surface area (Å²) in [4.78, 5) is 0.334. The summed E-state index contributed by atoms with van der Waals surface area (Å²) in [6.45, 7) is 6.19. The van der Waals surface area contributed by atoms with Crippen LogP contribution >= 0.6 is 0 Å². The van der Waals surface area contributed by atoms with E-state index in [1.165, 1.54) is 11.1 Å². The normalized spacial score (nSPS) is 14.3. The van der Waals surface area contributed by atoms with Gasteiger partial charge in [0.25, 0.3) is 0 Å². The number of aryl methyl sites for hydroxylation is 1. The maximum Gasteiger partial charge on any atom is 0.240 e. The summed E-state index contributed by atoms with van der Waals surface area (Å²) < 4.78 is 27.8. The van der Waals surface area contributed by atoms with Crippen molar-refractivity contribution in [1.82, 2.24) is 4.72 Å². The Hall–Kier alpha value is -1.65. The van der Waals surface area contributed by atoms with Gasteiger partial charge in [-0.1, -0.05) is 56.3 Å². The van der Waals surface area contributed by atoms with E-state index in [1.54, 1.807) is 12.1 Å². The van der Waals surface area contributed by atoms with Crippen molar-refractivity contribution < 1.29 is 8.42 Å². The highest BCUT2D eigenvalue weighted by Crippen LogP contribution is 2.20. The lowest BCUT2D eigenvalue weighted by molar-refractivity contribution is 0.547. The summed E-state index contributed by atoms with van der Waals surface area (Å²) in [5.74, 6) is 0.444. The van der Waals surface area contributed by atoms with E-state index in [4.69, 9.17) is 0 Å². The van der Waals surface area contributed by atoms with E-state index in [1.807, 2.05) is 37.3 Å². The van der Waals surface area contributed by atoms with Crippen LogP contribution in [0.3, 0.4) is 0 Å². The van der Waals surface area contributed by atoms with Crippen molar-refractivity contribution in [2.75, 3.05) is 0 Å². The third kappa shape index (κ3) is 5.18. The predicted octanol–water partition coefficient (Wildman–Crippen LogP) is 4.50. The van der Waals surface area contributed by atoms with Gasteiger partial charge in [0.15, 0.2) is 0 Å². The van der Waals surface area contributed by atoms with Crippen LogP contribution in [0.5, 0.6) is 0 Å². The van der Waals surface area contributed by atoms with Gasteiger partial charge in [0.1, 0.15) is 0 Å². The molecule has 3 nitrogen and oxygen atoms in total. The van der Waals surface area contributed by atoms with Crippen molar-refractivity contribution in [3.63, 3.8) is 0 Å². The third-order valence-electron chi connectivity index (χ3n) is 4.44. The van der Waals surface area contributed by atoms with Crippen LogP contribution in [0.1, 0.15) is 50.7 Å². The van der Waals surface area contributed by atoms with Crippen LogP contribution in [-0.4, -0.2) is 14.5 Å². The first-order valence-electron chi connectivity index (χ1n) is 8.58. The van der Waals surface area contributed by atoms with Crippen LogP contribution in [0.2, 0.25) is 0 Å². The molecule has 2 aromatic carbocycles. The number of hydrogen-bond donors (Lipinski definition) is 1. The molecule has 2 aromatic rings. The number of rotatable bonds is 8. The predicted molar refractivity (Wildman–Crippen MR) is 99.7 cm³/mol. The molecule has 0 heterocycles. The first-order valence-corrected chi connectivity index (χ1v) is 10.1. The smallest absolute Gasteiger partial charge is 0.208 e. The molecule has 0 radical (unpaired) electrons. The van der Waals surface area contributed by atoms with Gasteiger partial charge in [0, 0.05) is 6.04 Å². The second-order valence-corrected chi connectivity index (χ2v) is 8.14. The van der Waals surface area contributed by atoms with Crippen molar-refractivity contribution in [1.29, 1.82) is 0 Å². The fourth-order valence-corrected chi connectivity index (χ4v) is 3.91. The first-order chi connectivity index (χ1) is 11.4.